The highest BCUT2D eigenvalue weighted by Crippen LogP contribution is 2.32. The summed E-state index contributed by atoms with van der Waals surface area (Å²) in [6, 6.07) is 9.00. The minimum Gasteiger partial charge on any atom is -0.467 e. The van der Waals surface area contributed by atoms with Crippen LogP contribution in [0.5, 0.6) is 0 Å². The third-order valence-electron chi connectivity index (χ3n) is 5.20. The second-order valence-corrected chi connectivity index (χ2v) is 7.42. The molecule has 1 fully saturated rings. The van der Waals surface area contributed by atoms with Crippen molar-refractivity contribution in [1.29, 1.82) is 0 Å². The lowest BCUT2D eigenvalue weighted by atomic mass is 9.99. The number of carbonyl (C=O) groups is 2. The van der Waals surface area contributed by atoms with Gasteiger partial charge in [-0.15, -0.1) is 0 Å². The number of benzene rings is 1. The zero-order valence-corrected chi connectivity index (χ0v) is 16.7. The van der Waals surface area contributed by atoms with E-state index in [1.807, 2.05) is 0 Å². The Bertz CT molecular complexity index is 936. The van der Waals surface area contributed by atoms with E-state index in [-0.39, 0.29) is 12.4 Å². The molecule has 2 heterocycles. The van der Waals surface area contributed by atoms with Gasteiger partial charge in [0.1, 0.15) is 17.6 Å². The van der Waals surface area contributed by atoms with Crippen LogP contribution in [-0.4, -0.2) is 36.1 Å². The average Bonchev–Trinajstić information content (AvgIpc) is 3.42. The number of hydrogen-bond donors (Lipinski definition) is 2. The summed E-state index contributed by atoms with van der Waals surface area (Å²) in [5.74, 6) is -0.322. The molecule has 1 saturated carbocycles. The van der Waals surface area contributed by atoms with Crippen LogP contribution in [0.25, 0.3) is 0 Å². The van der Waals surface area contributed by atoms with E-state index in [9.17, 15) is 14.0 Å². The smallest absolute Gasteiger partial charge is 0.338 e. The molecular weight excluding hydrogens is 389 g/mol. The second-order valence-electron chi connectivity index (χ2n) is 7.42. The van der Waals surface area contributed by atoms with Crippen molar-refractivity contribution >= 4 is 12.0 Å². The van der Waals surface area contributed by atoms with Crippen LogP contribution >= 0.6 is 0 Å². The summed E-state index contributed by atoms with van der Waals surface area (Å²) in [6.45, 7) is 2.90. The van der Waals surface area contributed by atoms with Gasteiger partial charge in [0.15, 0.2) is 0 Å². The summed E-state index contributed by atoms with van der Waals surface area (Å²) in [7, 11) is 0. The Hall–Kier alpha value is -3.13. The number of ether oxygens (including phenoxy) is 1. The molecule has 1 aromatic carbocycles. The van der Waals surface area contributed by atoms with Gasteiger partial charge in [0.05, 0.1) is 18.4 Å². The molecule has 1 aliphatic heterocycles. The lowest BCUT2D eigenvalue weighted by molar-refractivity contribution is -0.139. The number of halogens is 1. The molecule has 2 amide bonds. The molecule has 8 heteroatoms. The highest BCUT2D eigenvalue weighted by molar-refractivity contribution is 5.95. The molecule has 1 aliphatic carbocycles. The monoisotopic (exact) mass is 413 g/mol. The molecule has 1 aromatic heterocycles. The molecule has 1 atom stereocenters. The van der Waals surface area contributed by atoms with Gasteiger partial charge in [-0.3, -0.25) is 4.90 Å². The fourth-order valence-electron chi connectivity index (χ4n) is 3.64. The number of rotatable bonds is 8. The molecule has 0 bridgehead atoms. The minimum absolute atomic E-state index is 0.219. The molecule has 30 heavy (non-hydrogen) atoms. The summed E-state index contributed by atoms with van der Waals surface area (Å²) in [5, 5.41) is 5.54. The molecule has 4 rings (SSSR count). The van der Waals surface area contributed by atoms with E-state index in [0.717, 1.165) is 18.4 Å². The average molecular weight is 413 g/mol. The maximum absolute atomic E-state index is 13.3. The fraction of sp³-hybridized carbons (Fsp3) is 0.364. The standard InChI is InChI=1S/C22H24FN3O4/c1-2-29-21(27)19-17(24-22(28)25-20(19)18-4-3-11-30-18)13-26(16-9-10-16)12-14-5-7-15(23)8-6-14/h3-8,11,16,20H,2,9-10,12-13H2,1H3,(H2,24,25,28). The van der Waals surface area contributed by atoms with Crippen LogP contribution in [0.2, 0.25) is 0 Å². The lowest BCUT2D eigenvalue weighted by Crippen LogP contribution is -2.48. The first-order valence-electron chi connectivity index (χ1n) is 10.0. The fourth-order valence-corrected chi connectivity index (χ4v) is 3.64. The van der Waals surface area contributed by atoms with Gasteiger partial charge in [-0.2, -0.15) is 0 Å². The zero-order valence-electron chi connectivity index (χ0n) is 16.7. The van der Waals surface area contributed by atoms with Crippen molar-refractivity contribution in [1.82, 2.24) is 15.5 Å². The van der Waals surface area contributed by atoms with Gasteiger partial charge in [-0.25, -0.2) is 14.0 Å². The number of nitrogens with one attached hydrogen (secondary N) is 2. The number of urea groups is 1. The van der Waals surface area contributed by atoms with E-state index in [1.165, 1.54) is 18.4 Å². The highest BCUT2D eigenvalue weighted by atomic mass is 19.1. The number of esters is 1. The first-order chi connectivity index (χ1) is 14.5. The Morgan fingerprint density at radius 1 is 1.23 bits per heavy atom. The summed E-state index contributed by atoms with van der Waals surface area (Å²) in [6.07, 6.45) is 3.57. The number of carbonyl (C=O) groups excluding carboxylic acids is 2. The third kappa shape index (κ3) is 4.54. The van der Waals surface area contributed by atoms with E-state index >= 15 is 0 Å². The summed E-state index contributed by atoms with van der Waals surface area (Å²) < 4.78 is 24.0. The van der Waals surface area contributed by atoms with Crippen LogP contribution in [0, 0.1) is 5.82 Å². The normalized spacial score (nSPS) is 18.9. The van der Waals surface area contributed by atoms with Gasteiger partial charge in [0.2, 0.25) is 0 Å². The molecule has 0 saturated heterocycles. The molecule has 158 valence electrons. The topological polar surface area (TPSA) is 83.8 Å². The number of amides is 2. The van der Waals surface area contributed by atoms with Crippen molar-refractivity contribution in [2.45, 2.75) is 38.4 Å². The van der Waals surface area contributed by atoms with Crippen molar-refractivity contribution in [3.05, 3.63) is 71.1 Å². The summed E-state index contributed by atoms with van der Waals surface area (Å²) >= 11 is 0. The number of nitrogens with zero attached hydrogens (tertiary/aromatic N) is 1. The van der Waals surface area contributed by atoms with E-state index < -0.39 is 18.0 Å². The van der Waals surface area contributed by atoms with Crippen molar-refractivity contribution in [2.24, 2.45) is 0 Å². The largest absolute Gasteiger partial charge is 0.467 e. The Labute approximate surface area is 173 Å². The maximum Gasteiger partial charge on any atom is 0.338 e. The van der Waals surface area contributed by atoms with Gasteiger partial charge in [-0.05, 0) is 49.6 Å². The van der Waals surface area contributed by atoms with E-state index in [2.05, 4.69) is 15.5 Å². The molecule has 0 spiro atoms. The molecule has 7 nitrogen and oxygen atoms in total. The first-order valence-corrected chi connectivity index (χ1v) is 10.0. The van der Waals surface area contributed by atoms with Crippen molar-refractivity contribution < 1.29 is 23.1 Å². The summed E-state index contributed by atoms with van der Waals surface area (Å²) in [5.41, 5.74) is 1.79. The predicted molar refractivity (Wildman–Crippen MR) is 107 cm³/mol. The van der Waals surface area contributed by atoms with Gasteiger partial charge in [-0.1, -0.05) is 12.1 Å². The Morgan fingerprint density at radius 3 is 2.63 bits per heavy atom. The van der Waals surface area contributed by atoms with Crippen LogP contribution in [0.15, 0.2) is 58.3 Å². The highest BCUT2D eigenvalue weighted by Gasteiger charge is 2.37. The summed E-state index contributed by atoms with van der Waals surface area (Å²) in [4.78, 5) is 27.4. The molecule has 2 aromatic rings. The van der Waals surface area contributed by atoms with E-state index in [0.29, 0.717) is 36.2 Å². The lowest BCUT2D eigenvalue weighted by Gasteiger charge is -2.31. The van der Waals surface area contributed by atoms with Crippen LogP contribution in [0.1, 0.15) is 37.1 Å². The molecule has 2 N–H and O–H groups in total. The quantitative estimate of drug-likeness (QED) is 0.649. The van der Waals surface area contributed by atoms with Crippen LogP contribution < -0.4 is 10.6 Å². The third-order valence-corrected chi connectivity index (χ3v) is 5.20. The van der Waals surface area contributed by atoms with E-state index in [4.69, 9.17) is 9.15 Å². The van der Waals surface area contributed by atoms with Crippen molar-refractivity contribution in [2.75, 3.05) is 13.2 Å². The molecular formula is C22H24FN3O4. The Morgan fingerprint density at radius 2 is 2.00 bits per heavy atom. The second kappa shape index (κ2) is 8.71. The van der Waals surface area contributed by atoms with Crippen molar-refractivity contribution in [3.63, 3.8) is 0 Å². The molecule has 2 aliphatic rings. The number of hydrogen-bond acceptors (Lipinski definition) is 5. The molecule has 0 radical (unpaired) electrons. The first kappa shape index (κ1) is 20.2. The predicted octanol–water partition coefficient (Wildman–Crippen LogP) is 3.25. The zero-order chi connectivity index (χ0) is 21.1. The van der Waals surface area contributed by atoms with E-state index in [1.54, 1.807) is 31.2 Å². The van der Waals surface area contributed by atoms with Gasteiger partial charge in [0, 0.05) is 24.8 Å². The SMILES string of the molecule is CCOC(=O)C1=C(CN(Cc2ccc(F)cc2)C2CC2)NC(=O)NC1c1ccco1. The van der Waals surface area contributed by atoms with Gasteiger partial charge in [0.25, 0.3) is 0 Å². The maximum atomic E-state index is 13.3. The van der Waals surface area contributed by atoms with Crippen LogP contribution in [0.4, 0.5) is 9.18 Å². The number of furan rings is 1. The Balaban J connectivity index is 1.65. The van der Waals surface area contributed by atoms with Crippen LogP contribution in [0.3, 0.4) is 0 Å². The van der Waals surface area contributed by atoms with Gasteiger partial charge < -0.3 is 19.8 Å². The van der Waals surface area contributed by atoms with Gasteiger partial charge >= 0.3 is 12.0 Å². The van der Waals surface area contributed by atoms with Crippen molar-refractivity contribution in [3.8, 4) is 0 Å². The van der Waals surface area contributed by atoms with Crippen LogP contribution in [-0.2, 0) is 16.1 Å². The molecule has 1 unspecified atom stereocenters. The minimum atomic E-state index is -0.727. The Kier molecular flexibility index (Phi) is 5.85.